The second-order valence-corrected chi connectivity index (χ2v) is 7.72. The molecular weight excluding hydrogens is 248 g/mol. The summed E-state index contributed by atoms with van der Waals surface area (Å²) in [6.45, 7) is 10.5. The van der Waals surface area contributed by atoms with Gasteiger partial charge in [0, 0.05) is 30.7 Å². The number of piperazine rings is 1. The van der Waals surface area contributed by atoms with Crippen molar-refractivity contribution in [1.82, 2.24) is 10.2 Å². The molecule has 0 bridgehead atoms. The van der Waals surface area contributed by atoms with Gasteiger partial charge < -0.3 is 10.1 Å². The van der Waals surface area contributed by atoms with E-state index in [1.165, 1.54) is 51.5 Å². The first-order chi connectivity index (χ1) is 9.55. The monoisotopic (exact) mass is 280 g/mol. The third kappa shape index (κ3) is 2.77. The Balaban J connectivity index is 1.69. The molecule has 0 radical (unpaired) electrons. The quantitative estimate of drug-likeness (QED) is 0.860. The summed E-state index contributed by atoms with van der Waals surface area (Å²) in [6, 6.07) is 0. The summed E-state index contributed by atoms with van der Waals surface area (Å²) in [5, 5.41) is 3.92. The Morgan fingerprint density at radius 1 is 1.25 bits per heavy atom. The van der Waals surface area contributed by atoms with E-state index in [0.29, 0.717) is 23.3 Å². The molecule has 0 aromatic carbocycles. The number of rotatable bonds is 3. The van der Waals surface area contributed by atoms with Gasteiger partial charge in [-0.1, -0.05) is 19.8 Å². The molecule has 0 amide bonds. The Kier molecular flexibility index (Phi) is 4.13. The van der Waals surface area contributed by atoms with E-state index in [-0.39, 0.29) is 0 Å². The van der Waals surface area contributed by atoms with Crippen LogP contribution >= 0.6 is 0 Å². The molecule has 0 aromatic heterocycles. The maximum atomic E-state index is 6.09. The lowest BCUT2D eigenvalue weighted by Crippen LogP contribution is -2.69. The van der Waals surface area contributed by atoms with Crippen molar-refractivity contribution in [3.63, 3.8) is 0 Å². The molecule has 3 nitrogen and oxygen atoms in total. The lowest BCUT2D eigenvalue weighted by molar-refractivity contribution is -0.0348. The fourth-order valence-corrected chi connectivity index (χ4v) is 4.39. The van der Waals surface area contributed by atoms with Gasteiger partial charge in [0.1, 0.15) is 0 Å². The molecule has 1 N–H and O–H groups in total. The van der Waals surface area contributed by atoms with Crippen LogP contribution in [0, 0.1) is 0 Å². The van der Waals surface area contributed by atoms with Gasteiger partial charge in [0.2, 0.25) is 0 Å². The van der Waals surface area contributed by atoms with E-state index in [1.807, 2.05) is 0 Å². The molecule has 2 aliphatic heterocycles. The van der Waals surface area contributed by atoms with Crippen LogP contribution in [0.4, 0.5) is 0 Å². The Hall–Kier alpha value is -0.120. The highest BCUT2D eigenvalue weighted by Crippen LogP contribution is 2.37. The van der Waals surface area contributed by atoms with Crippen molar-refractivity contribution in [2.45, 2.75) is 89.0 Å². The Morgan fingerprint density at radius 3 is 2.60 bits per heavy atom. The third-order valence-electron chi connectivity index (χ3n) is 6.17. The first-order valence-corrected chi connectivity index (χ1v) is 8.71. The minimum Gasteiger partial charge on any atom is -0.374 e. The van der Waals surface area contributed by atoms with Crippen molar-refractivity contribution >= 4 is 0 Å². The van der Waals surface area contributed by atoms with Crippen LogP contribution in [-0.2, 0) is 4.74 Å². The molecule has 1 saturated carbocycles. The van der Waals surface area contributed by atoms with Crippen LogP contribution in [0.2, 0.25) is 0 Å². The van der Waals surface area contributed by atoms with E-state index < -0.39 is 0 Å². The van der Waals surface area contributed by atoms with E-state index in [9.17, 15) is 0 Å². The Morgan fingerprint density at radius 2 is 2.00 bits per heavy atom. The molecule has 116 valence electrons. The zero-order valence-corrected chi connectivity index (χ0v) is 13.6. The van der Waals surface area contributed by atoms with Gasteiger partial charge in [-0.05, 0) is 46.0 Å². The summed E-state index contributed by atoms with van der Waals surface area (Å²) in [5.41, 5.74) is 0.724. The highest BCUT2D eigenvalue weighted by Gasteiger charge is 2.46. The lowest BCUT2D eigenvalue weighted by Gasteiger charge is -2.53. The molecule has 1 spiro atoms. The summed E-state index contributed by atoms with van der Waals surface area (Å²) in [5.74, 6) is 0. The van der Waals surface area contributed by atoms with Gasteiger partial charge in [-0.15, -0.1) is 0 Å². The first-order valence-electron chi connectivity index (χ1n) is 8.71. The maximum absolute atomic E-state index is 6.09. The average Bonchev–Trinajstić information content (AvgIpc) is 3.05. The fourth-order valence-electron chi connectivity index (χ4n) is 4.39. The van der Waals surface area contributed by atoms with Crippen molar-refractivity contribution in [1.29, 1.82) is 0 Å². The maximum Gasteiger partial charge on any atom is 0.0706 e. The zero-order chi connectivity index (χ0) is 14.2. The van der Waals surface area contributed by atoms with Crippen LogP contribution in [0.25, 0.3) is 0 Å². The Labute approximate surface area is 124 Å². The molecule has 2 heterocycles. The molecule has 3 aliphatic rings. The van der Waals surface area contributed by atoms with E-state index in [4.69, 9.17) is 4.74 Å². The highest BCUT2D eigenvalue weighted by molar-refractivity contribution is 5.05. The predicted octanol–water partition coefficient (Wildman–Crippen LogP) is 2.94. The molecule has 20 heavy (non-hydrogen) atoms. The molecule has 2 saturated heterocycles. The molecule has 3 rings (SSSR count). The third-order valence-corrected chi connectivity index (χ3v) is 6.17. The minimum atomic E-state index is 0.309. The second-order valence-electron chi connectivity index (χ2n) is 7.72. The average molecular weight is 280 g/mol. The van der Waals surface area contributed by atoms with Crippen LogP contribution in [-0.4, -0.2) is 47.8 Å². The van der Waals surface area contributed by atoms with Crippen molar-refractivity contribution in [2.24, 2.45) is 0 Å². The fraction of sp³-hybridized carbons (Fsp3) is 1.00. The topological polar surface area (TPSA) is 24.5 Å². The first kappa shape index (κ1) is 14.8. The van der Waals surface area contributed by atoms with E-state index in [2.05, 4.69) is 31.0 Å². The molecule has 3 heteroatoms. The number of nitrogens with one attached hydrogen (secondary N) is 1. The summed E-state index contributed by atoms with van der Waals surface area (Å²) in [4.78, 5) is 2.76. The summed E-state index contributed by atoms with van der Waals surface area (Å²) in [7, 11) is 0. The standard InChI is InChI=1S/C17H32N2O/c1-4-16(3)12-18-17(9-5-6-10-17)13-19(16)11-15-8-7-14(2)20-15/h14-15,18H,4-13H2,1-3H3. The number of hydrogen-bond donors (Lipinski definition) is 1. The van der Waals surface area contributed by atoms with Gasteiger partial charge in [-0.3, -0.25) is 4.90 Å². The molecule has 3 atom stereocenters. The Bertz CT molecular complexity index is 340. The van der Waals surface area contributed by atoms with Crippen LogP contribution in [0.3, 0.4) is 0 Å². The molecule has 0 aromatic rings. The molecular formula is C17H32N2O. The largest absolute Gasteiger partial charge is 0.374 e. The van der Waals surface area contributed by atoms with Crippen LogP contribution < -0.4 is 5.32 Å². The van der Waals surface area contributed by atoms with Gasteiger partial charge in [-0.2, -0.15) is 0 Å². The van der Waals surface area contributed by atoms with Gasteiger partial charge in [0.25, 0.3) is 0 Å². The SMILES string of the molecule is CCC1(C)CNC2(CCCC2)CN1CC1CCC(C)O1. The normalized spacial score (nSPS) is 41.5. The van der Waals surface area contributed by atoms with Gasteiger partial charge >= 0.3 is 0 Å². The summed E-state index contributed by atoms with van der Waals surface area (Å²) in [6.07, 6.45) is 10.2. The highest BCUT2D eigenvalue weighted by atomic mass is 16.5. The summed E-state index contributed by atoms with van der Waals surface area (Å²) >= 11 is 0. The smallest absolute Gasteiger partial charge is 0.0706 e. The molecule has 1 aliphatic carbocycles. The van der Waals surface area contributed by atoms with E-state index in [0.717, 1.165) is 13.1 Å². The summed E-state index contributed by atoms with van der Waals surface area (Å²) < 4.78 is 6.09. The van der Waals surface area contributed by atoms with Crippen LogP contribution in [0.1, 0.15) is 65.7 Å². The van der Waals surface area contributed by atoms with Gasteiger partial charge in [0.15, 0.2) is 0 Å². The van der Waals surface area contributed by atoms with Crippen LogP contribution in [0.5, 0.6) is 0 Å². The van der Waals surface area contributed by atoms with Crippen molar-refractivity contribution in [3.8, 4) is 0 Å². The van der Waals surface area contributed by atoms with Crippen LogP contribution in [0.15, 0.2) is 0 Å². The number of ether oxygens (including phenoxy) is 1. The van der Waals surface area contributed by atoms with Gasteiger partial charge in [0.05, 0.1) is 12.2 Å². The van der Waals surface area contributed by atoms with Crippen molar-refractivity contribution in [2.75, 3.05) is 19.6 Å². The van der Waals surface area contributed by atoms with E-state index >= 15 is 0 Å². The zero-order valence-electron chi connectivity index (χ0n) is 13.6. The molecule has 3 fully saturated rings. The molecule has 3 unspecified atom stereocenters. The number of nitrogens with zero attached hydrogens (tertiary/aromatic N) is 1. The predicted molar refractivity (Wildman–Crippen MR) is 83.0 cm³/mol. The van der Waals surface area contributed by atoms with Gasteiger partial charge in [-0.25, -0.2) is 0 Å². The minimum absolute atomic E-state index is 0.309. The second kappa shape index (κ2) is 5.58. The van der Waals surface area contributed by atoms with Crippen molar-refractivity contribution < 1.29 is 4.74 Å². The number of hydrogen-bond acceptors (Lipinski definition) is 3. The lowest BCUT2D eigenvalue weighted by atomic mass is 9.84. The van der Waals surface area contributed by atoms with Crippen molar-refractivity contribution in [3.05, 3.63) is 0 Å². The van der Waals surface area contributed by atoms with E-state index in [1.54, 1.807) is 0 Å².